The van der Waals surface area contributed by atoms with Crippen molar-refractivity contribution in [3.05, 3.63) is 0 Å². The van der Waals surface area contributed by atoms with Crippen LogP contribution < -0.4 is 5.32 Å². The van der Waals surface area contributed by atoms with E-state index >= 15 is 0 Å². The molecule has 1 amide bonds. The highest BCUT2D eigenvalue weighted by Gasteiger charge is 2.01. The first kappa shape index (κ1) is 11.4. The number of hydrogen-bond donors (Lipinski definition) is 2. The van der Waals surface area contributed by atoms with Gasteiger partial charge in [-0.25, -0.2) is 0 Å². The lowest BCUT2D eigenvalue weighted by Gasteiger charge is -2.11. The van der Waals surface area contributed by atoms with Gasteiger partial charge in [-0.15, -0.1) is 0 Å². The molecule has 0 aliphatic rings. The van der Waals surface area contributed by atoms with E-state index in [1.807, 2.05) is 13.8 Å². The Balaban J connectivity index is 3.24. The predicted molar refractivity (Wildman–Crippen MR) is 45.8 cm³/mol. The number of rotatable bonds is 6. The monoisotopic (exact) mass is 175 g/mol. The summed E-state index contributed by atoms with van der Waals surface area (Å²) in [5.41, 5.74) is 0. The Labute approximate surface area is 72.9 Å². The molecule has 0 rings (SSSR count). The molecule has 0 radical (unpaired) electrons. The second-order valence-corrected chi connectivity index (χ2v) is 2.56. The Kier molecular flexibility index (Phi) is 6.70. The molecule has 0 aromatic heterocycles. The third kappa shape index (κ3) is 6.12. The first-order valence-electron chi connectivity index (χ1n) is 4.19. The molecule has 0 aliphatic heterocycles. The summed E-state index contributed by atoms with van der Waals surface area (Å²) in [6, 6.07) is 0. The van der Waals surface area contributed by atoms with Gasteiger partial charge in [-0.3, -0.25) is 4.79 Å². The van der Waals surface area contributed by atoms with E-state index in [-0.39, 0.29) is 12.0 Å². The van der Waals surface area contributed by atoms with Crippen LogP contribution in [0.4, 0.5) is 0 Å². The molecule has 0 saturated carbocycles. The molecule has 12 heavy (non-hydrogen) atoms. The van der Waals surface area contributed by atoms with E-state index in [0.717, 1.165) is 6.42 Å². The van der Waals surface area contributed by atoms with Crippen LogP contribution in [0.3, 0.4) is 0 Å². The van der Waals surface area contributed by atoms with Crippen molar-refractivity contribution in [1.29, 1.82) is 0 Å². The Morgan fingerprint density at radius 2 is 2.33 bits per heavy atom. The predicted octanol–water partition coefficient (Wildman–Crippen LogP) is -0.0900. The van der Waals surface area contributed by atoms with Crippen molar-refractivity contribution in [2.24, 2.45) is 0 Å². The summed E-state index contributed by atoms with van der Waals surface area (Å²) >= 11 is 0. The van der Waals surface area contributed by atoms with Gasteiger partial charge in [0.15, 0.2) is 0 Å². The summed E-state index contributed by atoms with van der Waals surface area (Å²) in [7, 11) is 0. The van der Waals surface area contributed by atoms with E-state index in [9.17, 15) is 4.79 Å². The van der Waals surface area contributed by atoms with Gasteiger partial charge in [0, 0.05) is 13.2 Å². The zero-order valence-corrected chi connectivity index (χ0v) is 7.67. The highest BCUT2D eigenvalue weighted by atomic mass is 16.5. The highest BCUT2D eigenvalue weighted by Crippen LogP contribution is 1.94. The number of hydrogen-bond acceptors (Lipinski definition) is 3. The van der Waals surface area contributed by atoms with Gasteiger partial charge >= 0.3 is 0 Å². The van der Waals surface area contributed by atoms with E-state index in [1.165, 1.54) is 0 Å². The summed E-state index contributed by atoms with van der Waals surface area (Å²) in [5.74, 6) is -0.335. The zero-order valence-electron chi connectivity index (χ0n) is 7.67. The molecule has 0 fully saturated rings. The van der Waals surface area contributed by atoms with Crippen LogP contribution in [0.25, 0.3) is 0 Å². The largest absolute Gasteiger partial charge is 0.387 e. The number of amides is 1. The molecule has 1 atom stereocenters. The molecule has 0 aromatic carbocycles. The minimum Gasteiger partial charge on any atom is -0.387 e. The normalized spacial score (nSPS) is 12.6. The van der Waals surface area contributed by atoms with Gasteiger partial charge in [0.25, 0.3) is 0 Å². The lowest BCUT2D eigenvalue weighted by atomic mass is 10.3. The number of carbonyl (C=O) groups is 1. The fourth-order valence-corrected chi connectivity index (χ4v) is 0.839. The first-order valence-corrected chi connectivity index (χ1v) is 4.19. The summed E-state index contributed by atoms with van der Waals surface area (Å²) in [5, 5.41) is 10.9. The fraction of sp³-hybridized carbons (Fsp3) is 0.875. The van der Waals surface area contributed by atoms with Gasteiger partial charge in [-0.05, 0) is 20.3 Å². The quantitative estimate of drug-likeness (QED) is 0.593. The number of ether oxygens (including phenoxy) is 1. The van der Waals surface area contributed by atoms with Gasteiger partial charge in [-0.2, -0.15) is 0 Å². The molecular formula is C8H17NO3. The highest BCUT2D eigenvalue weighted by molar-refractivity contribution is 5.76. The maximum absolute atomic E-state index is 10.5. The van der Waals surface area contributed by atoms with Crippen molar-refractivity contribution in [3.8, 4) is 0 Å². The van der Waals surface area contributed by atoms with Crippen molar-refractivity contribution < 1.29 is 14.6 Å². The number of carbonyl (C=O) groups excluding carboxylic acids is 1. The van der Waals surface area contributed by atoms with Crippen LogP contribution in [0.1, 0.15) is 20.3 Å². The van der Waals surface area contributed by atoms with Crippen molar-refractivity contribution >= 4 is 5.91 Å². The van der Waals surface area contributed by atoms with Crippen LogP contribution in [-0.4, -0.2) is 36.9 Å². The molecule has 0 bridgehead atoms. The number of aliphatic hydroxyl groups excluding tert-OH is 1. The molecule has 4 heteroatoms. The molecule has 0 saturated heterocycles. The van der Waals surface area contributed by atoms with Crippen LogP contribution in [0.2, 0.25) is 0 Å². The molecule has 0 heterocycles. The van der Waals surface area contributed by atoms with Gasteiger partial charge in [-0.1, -0.05) is 0 Å². The Bertz CT molecular complexity index is 127. The summed E-state index contributed by atoms with van der Waals surface area (Å²) in [6.45, 7) is 4.69. The minimum absolute atomic E-state index is 0.161. The third-order valence-corrected chi connectivity index (χ3v) is 1.47. The van der Waals surface area contributed by atoms with Crippen LogP contribution in [-0.2, 0) is 9.53 Å². The maximum atomic E-state index is 10.5. The third-order valence-electron chi connectivity index (χ3n) is 1.47. The number of aliphatic hydroxyl groups is 1. The molecule has 0 spiro atoms. The van der Waals surface area contributed by atoms with Gasteiger partial charge in [0.1, 0.15) is 6.61 Å². The Morgan fingerprint density at radius 1 is 1.67 bits per heavy atom. The van der Waals surface area contributed by atoms with E-state index in [1.54, 1.807) is 0 Å². The van der Waals surface area contributed by atoms with E-state index in [0.29, 0.717) is 13.2 Å². The summed E-state index contributed by atoms with van der Waals surface area (Å²) in [4.78, 5) is 10.5. The van der Waals surface area contributed by atoms with E-state index in [4.69, 9.17) is 9.84 Å². The summed E-state index contributed by atoms with van der Waals surface area (Å²) in [6.07, 6.45) is 0.938. The average molecular weight is 175 g/mol. The Hall–Kier alpha value is -0.610. The van der Waals surface area contributed by atoms with Crippen molar-refractivity contribution in [2.45, 2.75) is 26.4 Å². The average Bonchev–Trinajstić information content (AvgIpc) is 2.04. The summed E-state index contributed by atoms with van der Waals surface area (Å²) < 4.78 is 5.24. The van der Waals surface area contributed by atoms with Crippen molar-refractivity contribution in [3.63, 3.8) is 0 Å². The standard InChI is InChI=1S/C8H17NO3/c1-3-12-7(2)4-5-9-8(11)6-10/h7,10H,3-6H2,1-2H3,(H,9,11). The second-order valence-electron chi connectivity index (χ2n) is 2.56. The van der Waals surface area contributed by atoms with Crippen LogP contribution in [0.5, 0.6) is 0 Å². The first-order chi connectivity index (χ1) is 5.70. The van der Waals surface area contributed by atoms with Crippen LogP contribution >= 0.6 is 0 Å². The molecule has 0 aliphatic carbocycles. The molecule has 2 N–H and O–H groups in total. The van der Waals surface area contributed by atoms with Gasteiger partial charge in [0.2, 0.25) is 5.91 Å². The molecule has 1 unspecified atom stereocenters. The minimum atomic E-state index is -0.441. The molecular weight excluding hydrogens is 158 g/mol. The topological polar surface area (TPSA) is 58.6 Å². The smallest absolute Gasteiger partial charge is 0.245 e. The van der Waals surface area contributed by atoms with Gasteiger partial charge in [0.05, 0.1) is 6.10 Å². The molecule has 0 aromatic rings. The van der Waals surface area contributed by atoms with Crippen LogP contribution in [0, 0.1) is 0 Å². The lowest BCUT2D eigenvalue weighted by Crippen LogP contribution is -2.29. The van der Waals surface area contributed by atoms with Crippen LogP contribution in [0.15, 0.2) is 0 Å². The number of nitrogens with one attached hydrogen (secondary N) is 1. The molecule has 4 nitrogen and oxygen atoms in total. The van der Waals surface area contributed by atoms with Crippen molar-refractivity contribution in [1.82, 2.24) is 5.32 Å². The second kappa shape index (κ2) is 7.06. The SMILES string of the molecule is CCOC(C)CCNC(=O)CO. The zero-order chi connectivity index (χ0) is 9.40. The van der Waals surface area contributed by atoms with E-state index < -0.39 is 6.61 Å². The maximum Gasteiger partial charge on any atom is 0.245 e. The van der Waals surface area contributed by atoms with Crippen molar-refractivity contribution in [2.75, 3.05) is 19.8 Å². The fourth-order valence-electron chi connectivity index (χ4n) is 0.839. The molecule has 72 valence electrons. The lowest BCUT2D eigenvalue weighted by molar-refractivity contribution is -0.123. The van der Waals surface area contributed by atoms with E-state index in [2.05, 4.69) is 5.32 Å². The Morgan fingerprint density at radius 3 is 2.83 bits per heavy atom. The van der Waals surface area contributed by atoms with Gasteiger partial charge < -0.3 is 15.2 Å².